The van der Waals surface area contributed by atoms with Gasteiger partial charge in [0.05, 0.1) is 24.3 Å². The van der Waals surface area contributed by atoms with Crippen LogP contribution in [-0.4, -0.2) is 66.5 Å². The van der Waals surface area contributed by atoms with Gasteiger partial charge in [-0.25, -0.2) is 0 Å². The Morgan fingerprint density at radius 2 is 1.64 bits per heavy atom. The van der Waals surface area contributed by atoms with Crippen LogP contribution in [0.3, 0.4) is 0 Å². The lowest BCUT2D eigenvalue weighted by Crippen LogP contribution is -2.35. The predicted octanol–water partition coefficient (Wildman–Crippen LogP) is 3.86. The maximum absolute atomic E-state index is 13.1. The number of Topliss-reactive ketones (excluding diaryl/α,β-unsaturated/α-hetero) is 1. The number of likely N-dealkylation sites (N-methyl/N-ethyl adjacent to an activating group) is 1. The van der Waals surface area contributed by atoms with Crippen LogP contribution in [0.5, 0.6) is 11.5 Å². The van der Waals surface area contributed by atoms with Crippen LogP contribution >= 0.6 is 0 Å². The third kappa shape index (κ3) is 5.54. The van der Waals surface area contributed by atoms with Gasteiger partial charge in [-0.2, -0.15) is 0 Å². The number of aliphatic hydroxyl groups is 1. The summed E-state index contributed by atoms with van der Waals surface area (Å²) in [6.45, 7) is 7.24. The Labute approximate surface area is 195 Å². The maximum atomic E-state index is 13.1. The lowest BCUT2D eigenvalue weighted by Gasteiger charge is -2.26. The van der Waals surface area contributed by atoms with Gasteiger partial charge >= 0.3 is 0 Å². The first-order valence-electron chi connectivity index (χ1n) is 11.2. The van der Waals surface area contributed by atoms with E-state index in [1.54, 1.807) is 24.3 Å². The van der Waals surface area contributed by atoms with Gasteiger partial charge in [0.1, 0.15) is 17.3 Å². The van der Waals surface area contributed by atoms with E-state index in [0.717, 1.165) is 5.56 Å². The summed E-state index contributed by atoms with van der Waals surface area (Å²) >= 11 is 0. The average Bonchev–Trinajstić information content (AvgIpc) is 3.03. The molecular formula is C26H32N2O5. The first kappa shape index (κ1) is 24.3. The third-order valence-electron chi connectivity index (χ3n) is 5.33. The minimum Gasteiger partial charge on any atom is -0.507 e. The zero-order valence-corrected chi connectivity index (χ0v) is 19.9. The first-order valence-corrected chi connectivity index (χ1v) is 11.2. The summed E-state index contributed by atoms with van der Waals surface area (Å²) in [4.78, 5) is 29.5. The van der Waals surface area contributed by atoms with E-state index in [-0.39, 0.29) is 17.4 Å². The summed E-state index contributed by atoms with van der Waals surface area (Å²) in [7, 11) is 3.81. The number of likely N-dealkylation sites (tertiary alicyclic amines) is 1. The highest BCUT2D eigenvalue weighted by molar-refractivity contribution is 6.46. The van der Waals surface area contributed by atoms with E-state index in [1.807, 2.05) is 64.0 Å². The summed E-state index contributed by atoms with van der Waals surface area (Å²) in [5.41, 5.74) is 1.27. The molecule has 1 fully saturated rings. The van der Waals surface area contributed by atoms with Gasteiger partial charge in [0.25, 0.3) is 11.7 Å². The highest BCUT2D eigenvalue weighted by Gasteiger charge is 2.45. The zero-order valence-electron chi connectivity index (χ0n) is 19.9. The Morgan fingerprint density at radius 1 is 1.03 bits per heavy atom. The number of nitrogens with zero attached hydrogens (tertiary/aromatic N) is 2. The fourth-order valence-electron chi connectivity index (χ4n) is 3.80. The van der Waals surface area contributed by atoms with Crippen LogP contribution in [0.4, 0.5) is 0 Å². The molecule has 7 nitrogen and oxygen atoms in total. The molecular weight excluding hydrogens is 420 g/mol. The van der Waals surface area contributed by atoms with Gasteiger partial charge in [0.2, 0.25) is 0 Å². The van der Waals surface area contributed by atoms with Crippen molar-refractivity contribution >= 4 is 17.4 Å². The normalized spacial score (nSPS) is 17.8. The van der Waals surface area contributed by atoms with Crippen molar-refractivity contribution in [2.24, 2.45) is 0 Å². The second kappa shape index (κ2) is 10.5. The van der Waals surface area contributed by atoms with Crippen LogP contribution in [0.25, 0.3) is 5.76 Å². The molecule has 1 aliphatic heterocycles. The monoisotopic (exact) mass is 452 g/mol. The van der Waals surface area contributed by atoms with Gasteiger partial charge in [-0.1, -0.05) is 12.1 Å². The second-order valence-corrected chi connectivity index (χ2v) is 8.49. The molecule has 2 aromatic carbocycles. The van der Waals surface area contributed by atoms with Crippen LogP contribution < -0.4 is 9.47 Å². The smallest absolute Gasteiger partial charge is 0.295 e. The van der Waals surface area contributed by atoms with E-state index in [1.165, 1.54) is 4.90 Å². The van der Waals surface area contributed by atoms with Gasteiger partial charge in [-0.05, 0) is 76.8 Å². The number of hydrogen-bond donors (Lipinski definition) is 1. The Balaban J connectivity index is 2.05. The van der Waals surface area contributed by atoms with Gasteiger partial charge in [0.15, 0.2) is 0 Å². The maximum Gasteiger partial charge on any atom is 0.295 e. The quantitative estimate of drug-likeness (QED) is 0.354. The van der Waals surface area contributed by atoms with Crippen molar-refractivity contribution in [2.45, 2.75) is 32.9 Å². The van der Waals surface area contributed by atoms with Crippen molar-refractivity contribution in [3.63, 3.8) is 0 Å². The van der Waals surface area contributed by atoms with Crippen LogP contribution in [0.1, 0.15) is 37.9 Å². The SMILES string of the molecule is CCOc1ccc(C2/C(=C(/O)c3ccc(OC(C)C)cc3)C(=O)C(=O)N2CCN(C)C)cc1. The van der Waals surface area contributed by atoms with Crippen molar-refractivity contribution < 1.29 is 24.2 Å². The van der Waals surface area contributed by atoms with E-state index in [9.17, 15) is 14.7 Å². The number of hydrogen-bond acceptors (Lipinski definition) is 6. The van der Waals surface area contributed by atoms with Gasteiger partial charge in [-0.3, -0.25) is 9.59 Å². The second-order valence-electron chi connectivity index (χ2n) is 8.49. The van der Waals surface area contributed by atoms with Gasteiger partial charge in [0, 0.05) is 18.7 Å². The highest BCUT2D eigenvalue weighted by Crippen LogP contribution is 2.39. The van der Waals surface area contributed by atoms with Crippen molar-refractivity contribution in [1.29, 1.82) is 0 Å². The molecule has 3 rings (SSSR count). The zero-order chi connectivity index (χ0) is 24.1. The highest BCUT2D eigenvalue weighted by atomic mass is 16.5. The molecule has 176 valence electrons. The summed E-state index contributed by atoms with van der Waals surface area (Å²) < 4.78 is 11.2. The summed E-state index contributed by atoms with van der Waals surface area (Å²) in [6.07, 6.45) is 0.0196. The topological polar surface area (TPSA) is 79.3 Å². The molecule has 7 heteroatoms. The van der Waals surface area contributed by atoms with Crippen LogP contribution in [-0.2, 0) is 9.59 Å². The first-order chi connectivity index (χ1) is 15.7. The van der Waals surface area contributed by atoms with Crippen LogP contribution in [0, 0.1) is 0 Å². The molecule has 1 saturated heterocycles. The minimum atomic E-state index is -0.688. The average molecular weight is 453 g/mol. The molecule has 0 aromatic heterocycles. The Morgan fingerprint density at radius 3 is 2.18 bits per heavy atom. The lowest BCUT2D eigenvalue weighted by molar-refractivity contribution is -0.140. The molecule has 1 amide bonds. The molecule has 0 spiro atoms. The fraction of sp³-hybridized carbons (Fsp3) is 0.385. The van der Waals surface area contributed by atoms with Crippen molar-refractivity contribution in [1.82, 2.24) is 9.80 Å². The standard InChI is InChI=1S/C26H32N2O5/c1-6-32-20-11-7-18(8-12-20)23-22(25(30)26(31)28(23)16-15-27(4)5)24(29)19-9-13-21(14-10-19)33-17(2)3/h7-14,17,23,29H,6,15-16H2,1-5H3/b24-22-. The largest absolute Gasteiger partial charge is 0.507 e. The number of carbonyl (C=O) groups is 2. The fourth-order valence-corrected chi connectivity index (χ4v) is 3.80. The number of amides is 1. The van der Waals surface area contributed by atoms with E-state index < -0.39 is 17.7 Å². The minimum absolute atomic E-state index is 0.0196. The molecule has 1 atom stereocenters. The molecule has 1 N–H and O–H groups in total. The molecule has 0 aliphatic carbocycles. The Hall–Kier alpha value is -3.32. The van der Waals surface area contributed by atoms with Crippen molar-refractivity contribution in [2.75, 3.05) is 33.8 Å². The molecule has 33 heavy (non-hydrogen) atoms. The summed E-state index contributed by atoms with van der Waals surface area (Å²) in [5.74, 6) is -0.135. The molecule has 0 bridgehead atoms. The van der Waals surface area contributed by atoms with E-state index >= 15 is 0 Å². The molecule has 1 aliphatic rings. The number of ketones is 1. The Bertz CT molecular complexity index is 1010. The van der Waals surface area contributed by atoms with Gasteiger partial charge < -0.3 is 24.4 Å². The molecule has 1 unspecified atom stereocenters. The molecule has 0 saturated carbocycles. The van der Waals surface area contributed by atoms with Crippen molar-refractivity contribution in [3.05, 3.63) is 65.2 Å². The van der Waals surface area contributed by atoms with E-state index in [2.05, 4.69) is 0 Å². The number of carbonyl (C=O) groups excluding carboxylic acids is 2. The number of benzene rings is 2. The predicted molar refractivity (Wildman–Crippen MR) is 127 cm³/mol. The summed E-state index contributed by atoms with van der Waals surface area (Å²) in [6, 6.07) is 13.4. The van der Waals surface area contributed by atoms with Gasteiger partial charge in [-0.15, -0.1) is 0 Å². The molecule has 2 aromatic rings. The number of rotatable bonds is 9. The molecule has 1 heterocycles. The molecule has 0 radical (unpaired) electrons. The lowest BCUT2D eigenvalue weighted by atomic mass is 9.95. The number of ether oxygens (including phenoxy) is 2. The van der Waals surface area contributed by atoms with E-state index in [0.29, 0.717) is 36.8 Å². The van der Waals surface area contributed by atoms with E-state index in [4.69, 9.17) is 9.47 Å². The Kier molecular flexibility index (Phi) is 7.76. The third-order valence-corrected chi connectivity index (χ3v) is 5.33. The van der Waals surface area contributed by atoms with Crippen LogP contribution in [0.2, 0.25) is 0 Å². The van der Waals surface area contributed by atoms with Crippen LogP contribution in [0.15, 0.2) is 54.1 Å². The summed E-state index contributed by atoms with van der Waals surface area (Å²) in [5, 5.41) is 11.2. The number of aliphatic hydroxyl groups excluding tert-OH is 1. The van der Waals surface area contributed by atoms with Crippen molar-refractivity contribution in [3.8, 4) is 11.5 Å².